The minimum absolute atomic E-state index is 0.0463. The van der Waals surface area contributed by atoms with E-state index in [9.17, 15) is 9.59 Å². The molecule has 1 fully saturated rings. The molecule has 0 atom stereocenters. The molecule has 4 heteroatoms. The number of carbonyl (C=O) groups excluding carboxylic acids is 2. The van der Waals surface area contributed by atoms with Crippen LogP contribution in [-0.2, 0) is 19.1 Å². The van der Waals surface area contributed by atoms with Gasteiger partial charge in [0.1, 0.15) is 0 Å². The zero-order valence-electron chi connectivity index (χ0n) is 11.4. The van der Waals surface area contributed by atoms with Gasteiger partial charge in [0.05, 0.1) is 13.2 Å². The fourth-order valence-corrected chi connectivity index (χ4v) is 0.793. The first-order valence-electron chi connectivity index (χ1n) is 6.06. The van der Waals surface area contributed by atoms with Crippen molar-refractivity contribution in [2.24, 2.45) is 0 Å². The first-order chi connectivity index (χ1) is 8.07. The van der Waals surface area contributed by atoms with Crippen molar-refractivity contribution in [3.05, 3.63) is 12.2 Å². The van der Waals surface area contributed by atoms with Crippen molar-refractivity contribution >= 4 is 11.9 Å². The highest BCUT2D eigenvalue weighted by atomic mass is 16.5. The first-order valence-corrected chi connectivity index (χ1v) is 6.06. The van der Waals surface area contributed by atoms with E-state index in [1.807, 2.05) is 20.8 Å². The fraction of sp³-hybridized carbons (Fsp3) is 0.692. The summed E-state index contributed by atoms with van der Waals surface area (Å²) in [4.78, 5) is 20.6. The molecule has 1 heterocycles. The lowest BCUT2D eigenvalue weighted by Gasteiger charge is -1.99. The van der Waals surface area contributed by atoms with Gasteiger partial charge in [0.2, 0.25) is 0 Å². The Hall–Kier alpha value is -1.32. The Morgan fingerprint density at radius 3 is 2.29 bits per heavy atom. The Bertz CT molecular complexity index is 226. The molecular weight excluding hydrogens is 220 g/mol. The smallest absolute Gasteiger partial charge is 0.333 e. The molecule has 0 aliphatic carbocycles. The predicted octanol–water partition coefficient (Wildman–Crippen LogP) is 2.87. The second kappa shape index (κ2) is 12.7. The molecule has 1 aliphatic heterocycles. The molecule has 0 unspecified atom stereocenters. The first kappa shape index (κ1) is 18.1. The molecule has 0 aromatic carbocycles. The van der Waals surface area contributed by atoms with Crippen LogP contribution in [0.25, 0.3) is 0 Å². The molecule has 0 aromatic rings. The second-order valence-corrected chi connectivity index (χ2v) is 3.24. The Morgan fingerprint density at radius 2 is 2.06 bits per heavy atom. The van der Waals surface area contributed by atoms with Gasteiger partial charge < -0.3 is 9.47 Å². The molecule has 1 aliphatic rings. The van der Waals surface area contributed by atoms with Gasteiger partial charge in [0, 0.05) is 12.0 Å². The van der Waals surface area contributed by atoms with E-state index in [1.54, 1.807) is 6.92 Å². The zero-order valence-corrected chi connectivity index (χ0v) is 11.4. The highest BCUT2D eigenvalue weighted by Gasteiger charge is 2.08. The average Bonchev–Trinajstić information content (AvgIpc) is 2.80. The van der Waals surface area contributed by atoms with E-state index in [0.717, 1.165) is 12.8 Å². The van der Waals surface area contributed by atoms with Crippen LogP contribution >= 0.6 is 0 Å². The van der Waals surface area contributed by atoms with Gasteiger partial charge in [-0.05, 0) is 19.8 Å². The zero-order chi connectivity index (χ0) is 13.7. The van der Waals surface area contributed by atoms with Gasteiger partial charge in [-0.2, -0.15) is 0 Å². The van der Waals surface area contributed by atoms with Crippen molar-refractivity contribution in [3.63, 3.8) is 0 Å². The van der Waals surface area contributed by atoms with E-state index < -0.39 is 0 Å². The molecule has 1 saturated heterocycles. The van der Waals surface area contributed by atoms with E-state index >= 15 is 0 Å². The summed E-state index contributed by atoms with van der Waals surface area (Å²) in [6.45, 7) is 12.1. The van der Waals surface area contributed by atoms with Crippen molar-refractivity contribution < 1.29 is 19.1 Å². The lowest BCUT2D eigenvalue weighted by Crippen LogP contribution is -2.04. The number of ether oxygens (including phenoxy) is 2. The highest BCUT2D eigenvalue weighted by molar-refractivity contribution is 5.86. The Balaban J connectivity index is 0. The summed E-state index contributed by atoms with van der Waals surface area (Å²) in [5, 5.41) is 0. The summed E-state index contributed by atoms with van der Waals surface area (Å²) in [5.41, 5.74) is 0.462. The largest absolute Gasteiger partial charge is 0.466 e. The normalized spacial score (nSPS) is 12.4. The van der Waals surface area contributed by atoms with E-state index in [1.165, 1.54) is 0 Å². The standard InChI is InChI=1S/C7H12O2.C4H6O2.C2H6/c1-4-5-9-7(8)6(2)3;5-4-2-1-3-6-4;1-2/h2,4-5H2,1,3H3;1-3H2;1-2H3. The van der Waals surface area contributed by atoms with Crippen molar-refractivity contribution in [2.75, 3.05) is 13.2 Å². The van der Waals surface area contributed by atoms with Gasteiger partial charge in [-0.15, -0.1) is 0 Å². The van der Waals surface area contributed by atoms with Crippen molar-refractivity contribution in [3.8, 4) is 0 Å². The maximum absolute atomic E-state index is 10.6. The maximum atomic E-state index is 10.6. The van der Waals surface area contributed by atoms with Crippen LogP contribution in [0, 0.1) is 0 Å². The SMILES string of the molecule is C=C(C)C(=O)OCCC.CC.O=C1CCCO1. The molecule has 0 amide bonds. The van der Waals surface area contributed by atoms with E-state index in [4.69, 9.17) is 4.74 Å². The van der Waals surface area contributed by atoms with Gasteiger partial charge in [-0.1, -0.05) is 27.4 Å². The number of hydrogen-bond donors (Lipinski definition) is 0. The highest BCUT2D eigenvalue weighted by Crippen LogP contribution is 2.01. The molecule has 0 saturated carbocycles. The van der Waals surface area contributed by atoms with Gasteiger partial charge in [0.25, 0.3) is 0 Å². The van der Waals surface area contributed by atoms with Crippen molar-refractivity contribution in [1.29, 1.82) is 0 Å². The minimum atomic E-state index is -0.295. The molecule has 1 rings (SSSR count). The van der Waals surface area contributed by atoms with Gasteiger partial charge in [-0.25, -0.2) is 4.79 Å². The number of hydrogen-bond acceptors (Lipinski definition) is 4. The van der Waals surface area contributed by atoms with E-state index in [0.29, 0.717) is 25.2 Å². The number of cyclic esters (lactones) is 1. The second-order valence-electron chi connectivity index (χ2n) is 3.24. The van der Waals surface area contributed by atoms with Gasteiger partial charge in [-0.3, -0.25) is 4.79 Å². The summed E-state index contributed by atoms with van der Waals surface area (Å²) < 4.78 is 9.23. The van der Waals surface area contributed by atoms with Crippen molar-refractivity contribution in [2.45, 2.75) is 47.0 Å². The van der Waals surface area contributed by atoms with Gasteiger partial charge >= 0.3 is 11.9 Å². The molecular formula is C13H24O4. The van der Waals surface area contributed by atoms with Crippen LogP contribution in [0.1, 0.15) is 47.0 Å². The molecule has 17 heavy (non-hydrogen) atoms. The van der Waals surface area contributed by atoms with Crippen LogP contribution in [0.3, 0.4) is 0 Å². The summed E-state index contributed by atoms with van der Waals surface area (Å²) in [6, 6.07) is 0. The van der Waals surface area contributed by atoms with Crippen LogP contribution in [0.15, 0.2) is 12.2 Å². The molecule has 100 valence electrons. The summed E-state index contributed by atoms with van der Waals surface area (Å²) in [7, 11) is 0. The Morgan fingerprint density at radius 1 is 1.47 bits per heavy atom. The third-order valence-corrected chi connectivity index (χ3v) is 1.57. The van der Waals surface area contributed by atoms with Crippen LogP contribution in [-0.4, -0.2) is 25.2 Å². The minimum Gasteiger partial charge on any atom is -0.466 e. The maximum Gasteiger partial charge on any atom is 0.333 e. The quantitative estimate of drug-likeness (QED) is 0.566. The lowest BCUT2D eigenvalue weighted by atomic mass is 10.4. The Kier molecular flexibility index (Phi) is 13.5. The number of rotatable bonds is 3. The fourth-order valence-electron chi connectivity index (χ4n) is 0.793. The van der Waals surface area contributed by atoms with Crippen molar-refractivity contribution in [1.82, 2.24) is 0 Å². The van der Waals surface area contributed by atoms with Crippen LogP contribution in [0.4, 0.5) is 0 Å². The lowest BCUT2D eigenvalue weighted by molar-refractivity contribution is -0.139. The summed E-state index contributed by atoms with van der Waals surface area (Å²) in [6.07, 6.45) is 2.40. The molecule has 0 aromatic heterocycles. The van der Waals surface area contributed by atoms with Gasteiger partial charge in [0.15, 0.2) is 0 Å². The third kappa shape index (κ3) is 12.6. The molecule has 0 radical (unpaired) electrons. The number of esters is 2. The monoisotopic (exact) mass is 244 g/mol. The molecule has 0 N–H and O–H groups in total. The van der Waals surface area contributed by atoms with Crippen LogP contribution in [0.2, 0.25) is 0 Å². The molecule has 0 spiro atoms. The molecule has 4 nitrogen and oxygen atoms in total. The molecule has 0 bridgehead atoms. The topological polar surface area (TPSA) is 52.6 Å². The number of carbonyl (C=O) groups is 2. The third-order valence-electron chi connectivity index (χ3n) is 1.57. The van der Waals surface area contributed by atoms with E-state index in [-0.39, 0.29) is 11.9 Å². The van der Waals surface area contributed by atoms with E-state index in [2.05, 4.69) is 11.3 Å². The average molecular weight is 244 g/mol. The predicted molar refractivity (Wildman–Crippen MR) is 67.6 cm³/mol. The Labute approximate surface area is 104 Å². The van der Waals surface area contributed by atoms with Crippen LogP contribution in [0.5, 0.6) is 0 Å². The summed E-state index contributed by atoms with van der Waals surface area (Å²) >= 11 is 0. The van der Waals surface area contributed by atoms with Crippen LogP contribution < -0.4 is 0 Å². The summed E-state index contributed by atoms with van der Waals surface area (Å²) in [5.74, 6) is -0.341.